The van der Waals surface area contributed by atoms with Crippen molar-refractivity contribution in [2.75, 3.05) is 11.9 Å². The zero-order valence-electron chi connectivity index (χ0n) is 17.8. The Morgan fingerprint density at radius 3 is 2.52 bits per heavy atom. The van der Waals surface area contributed by atoms with Crippen molar-refractivity contribution in [1.82, 2.24) is 9.47 Å². The second-order valence-corrected chi connectivity index (χ2v) is 8.47. The van der Waals surface area contributed by atoms with Gasteiger partial charge in [0, 0.05) is 17.1 Å². The topological polar surface area (TPSA) is 91.6 Å². The van der Waals surface area contributed by atoms with Crippen LogP contribution in [0.25, 0.3) is 11.8 Å². The number of aromatic nitrogens is 1. The molecule has 0 radical (unpaired) electrons. The molecular formula is C24H20FN3O4S. The summed E-state index contributed by atoms with van der Waals surface area (Å²) < 4.78 is 15.7. The SMILES string of the molecule is Cc1cc(/C=C2\SC(=O)N(CC(=O)Nc3ccccc3F)C2=O)c(C)n1-c1ccc(O)cc1. The summed E-state index contributed by atoms with van der Waals surface area (Å²) in [7, 11) is 0. The van der Waals surface area contributed by atoms with E-state index < -0.39 is 29.4 Å². The van der Waals surface area contributed by atoms with Gasteiger partial charge < -0.3 is 15.0 Å². The van der Waals surface area contributed by atoms with Gasteiger partial charge in [-0.25, -0.2) is 4.39 Å². The number of thioether (sulfide) groups is 1. The van der Waals surface area contributed by atoms with Gasteiger partial charge in [0.1, 0.15) is 18.1 Å². The molecule has 7 nitrogen and oxygen atoms in total. The summed E-state index contributed by atoms with van der Waals surface area (Å²) in [5, 5.41) is 11.3. The molecule has 1 fully saturated rings. The van der Waals surface area contributed by atoms with E-state index in [0.717, 1.165) is 39.3 Å². The smallest absolute Gasteiger partial charge is 0.294 e. The molecule has 9 heteroatoms. The molecule has 1 aliphatic heterocycles. The second-order valence-electron chi connectivity index (χ2n) is 7.47. The predicted molar refractivity (Wildman–Crippen MR) is 125 cm³/mol. The van der Waals surface area contributed by atoms with Crippen molar-refractivity contribution in [3.63, 3.8) is 0 Å². The van der Waals surface area contributed by atoms with Gasteiger partial charge >= 0.3 is 0 Å². The van der Waals surface area contributed by atoms with Gasteiger partial charge in [0.2, 0.25) is 5.91 Å². The highest BCUT2D eigenvalue weighted by atomic mass is 32.2. The van der Waals surface area contributed by atoms with E-state index in [1.165, 1.54) is 18.2 Å². The summed E-state index contributed by atoms with van der Waals surface area (Å²) in [6, 6.07) is 14.3. The van der Waals surface area contributed by atoms with Gasteiger partial charge in [0.05, 0.1) is 10.6 Å². The Morgan fingerprint density at radius 1 is 1.12 bits per heavy atom. The molecule has 0 saturated carbocycles. The third kappa shape index (κ3) is 4.54. The van der Waals surface area contributed by atoms with Crippen molar-refractivity contribution >= 4 is 40.6 Å². The lowest BCUT2D eigenvalue weighted by atomic mass is 10.2. The molecule has 4 rings (SSSR count). The Kier molecular flexibility index (Phi) is 6.06. The van der Waals surface area contributed by atoms with Crippen LogP contribution in [0.3, 0.4) is 0 Å². The lowest BCUT2D eigenvalue weighted by molar-refractivity contribution is -0.127. The number of nitrogens with zero attached hydrogens (tertiary/aromatic N) is 2. The number of carbonyl (C=O) groups excluding carboxylic acids is 3. The average molecular weight is 466 g/mol. The molecule has 3 aromatic rings. The molecular weight excluding hydrogens is 445 g/mol. The molecule has 0 aliphatic carbocycles. The van der Waals surface area contributed by atoms with Gasteiger partial charge in [0.15, 0.2) is 0 Å². The fourth-order valence-corrected chi connectivity index (χ4v) is 4.44. The van der Waals surface area contributed by atoms with E-state index in [4.69, 9.17) is 0 Å². The minimum atomic E-state index is -0.672. The highest BCUT2D eigenvalue weighted by molar-refractivity contribution is 8.18. The molecule has 1 aromatic heterocycles. The maximum atomic E-state index is 13.7. The first-order chi connectivity index (χ1) is 15.7. The summed E-state index contributed by atoms with van der Waals surface area (Å²) >= 11 is 0.752. The molecule has 0 unspecified atom stereocenters. The number of rotatable bonds is 5. The van der Waals surface area contributed by atoms with Crippen LogP contribution in [0.5, 0.6) is 5.75 Å². The lowest BCUT2D eigenvalue weighted by Crippen LogP contribution is -2.36. The summed E-state index contributed by atoms with van der Waals surface area (Å²) in [5.74, 6) is -1.70. The zero-order chi connectivity index (χ0) is 23.7. The normalized spacial score (nSPS) is 14.9. The molecule has 3 amide bonds. The fraction of sp³-hybridized carbons (Fsp3) is 0.125. The molecule has 168 valence electrons. The Balaban J connectivity index is 1.53. The van der Waals surface area contributed by atoms with E-state index in [1.807, 2.05) is 24.5 Å². The molecule has 0 atom stereocenters. The first-order valence-electron chi connectivity index (χ1n) is 10.0. The Hall–Kier alpha value is -3.85. The molecule has 0 spiro atoms. The van der Waals surface area contributed by atoms with Crippen LogP contribution in [0.15, 0.2) is 59.5 Å². The molecule has 1 aliphatic rings. The fourth-order valence-electron chi connectivity index (χ4n) is 3.61. The molecule has 2 heterocycles. The number of phenols is 1. The molecule has 2 aromatic carbocycles. The van der Waals surface area contributed by atoms with Gasteiger partial charge in [-0.05, 0) is 79.7 Å². The van der Waals surface area contributed by atoms with Crippen molar-refractivity contribution in [3.8, 4) is 11.4 Å². The number of benzene rings is 2. The monoisotopic (exact) mass is 465 g/mol. The zero-order valence-corrected chi connectivity index (χ0v) is 18.6. The highest BCUT2D eigenvalue weighted by Gasteiger charge is 2.36. The minimum Gasteiger partial charge on any atom is -0.508 e. The Bertz CT molecular complexity index is 1300. The van der Waals surface area contributed by atoms with Gasteiger partial charge in [-0.3, -0.25) is 19.3 Å². The first-order valence-corrected chi connectivity index (χ1v) is 10.8. The van der Waals surface area contributed by atoms with Crippen LogP contribution in [0, 0.1) is 19.7 Å². The van der Waals surface area contributed by atoms with Crippen molar-refractivity contribution in [2.24, 2.45) is 0 Å². The number of nitrogens with one attached hydrogen (secondary N) is 1. The van der Waals surface area contributed by atoms with Crippen molar-refractivity contribution in [1.29, 1.82) is 0 Å². The lowest BCUT2D eigenvalue weighted by Gasteiger charge is -2.12. The largest absolute Gasteiger partial charge is 0.508 e. The second kappa shape index (κ2) is 8.95. The predicted octanol–water partition coefficient (Wildman–Crippen LogP) is 4.61. The van der Waals surface area contributed by atoms with Crippen molar-refractivity contribution in [2.45, 2.75) is 13.8 Å². The minimum absolute atomic E-state index is 0.0216. The quantitative estimate of drug-likeness (QED) is 0.537. The van der Waals surface area contributed by atoms with Gasteiger partial charge in [-0.15, -0.1) is 0 Å². The number of aromatic hydroxyl groups is 1. The summed E-state index contributed by atoms with van der Waals surface area (Å²) in [6.45, 7) is 3.29. The summed E-state index contributed by atoms with van der Waals surface area (Å²) in [4.78, 5) is 38.5. The Morgan fingerprint density at radius 2 is 1.82 bits per heavy atom. The number of hydrogen-bond donors (Lipinski definition) is 2. The van der Waals surface area contributed by atoms with Gasteiger partial charge in [0.25, 0.3) is 11.1 Å². The van der Waals surface area contributed by atoms with Crippen molar-refractivity contribution < 1.29 is 23.9 Å². The van der Waals surface area contributed by atoms with E-state index in [9.17, 15) is 23.9 Å². The maximum absolute atomic E-state index is 13.7. The van der Waals surface area contributed by atoms with E-state index >= 15 is 0 Å². The van der Waals surface area contributed by atoms with Crippen LogP contribution >= 0.6 is 11.8 Å². The van der Waals surface area contributed by atoms with Crippen LogP contribution in [0.2, 0.25) is 0 Å². The number of carbonyl (C=O) groups is 3. The number of anilines is 1. The van der Waals surface area contributed by atoms with Gasteiger partial charge in [-0.1, -0.05) is 12.1 Å². The molecule has 33 heavy (non-hydrogen) atoms. The van der Waals surface area contributed by atoms with Crippen LogP contribution in [-0.2, 0) is 9.59 Å². The highest BCUT2D eigenvalue weighted by Crippen LogP contribution is 2.34. The third-order valence-corrected chi connectivity index (χ3v) is 6.10. The number of hydrogen-bond acceptors (Lipinski definition) is 5. The number of aryl methyl sites for hydroxylation is 1. The Labute approximate surface area is 193 Å². The van der Waals surface area contributed by atoms with Crippen LogP contribution in [0.4, 0.5) is 14.9 Å². The number of amides is 3. The third-order valence-electron chi connectivity index (χ3n) is 5.19. The van der Waals surface area contributed by atoms with Gasteiger partial charge in [-0.2, -0.15) is 0 Å². The number of phenolic OH excluding ortho intramolecular Hbond substituents is 1. The summed E-state index contributed by atoms with van der Waals surface area (Å²) in [6.07, 6.45) is 1.62. The van der Waals surface area contributed by atoms with Crippen LogP contribution in [-0.4, -0.2) is 38.2 Å². The number of halogens is 1. The van der Waals surface area contributed by atoms with E-state index in [-0.39, 0.29) is 16.3 Å². The van der Waals surface area contributed by atoms with E-state index in [1.54, 1.807) is 36.4 Å². The average Bonchev–Trinajstić information content (AvgIpc) is 3.20. The van der Waals surface area contributed by atoms with E-state index in [2.05, 4.69) is 5.32 Å². The summed E-state index contributed by atoms with van der Waals surface area (Å²) in [5.41, 5.74) is 3.34. The first kappa shape index (κ1) is 22.3. The van der Waals surface area contributed by atoms with Crippen molar-refractivity contribution in [3.05, 3.63) is 82.3 Å². The number of imide groups is 1. The maximum Gasteiger partial charge on any atom is 0.294 e. The molecule has 2 N–H and O–H groups in total. The molecule has 1 saturated heterocycles. The number of para-hydroxylation sites is 1. The molecule has 0 bridgehead atoms. The standard InChI is InChI=1S/C24H20FN3O4S/c1-14-11-16(15(2)28(14)17-7-9-18(29)10-8-17)12-21-23(31)27(24(32)33-21)13-22(30)26-20-6-4-3-5-19(20)25/h3-12,29H,13H2,1-2H3,(H,26,30)/b21-12-. The van der Waals surface area contributed by atoms with E-state index in [0.29, 0.717) is 0 Å². The van der Waals surface area contributed by atoms with Crippen LogP contribution < -0.4 is 5.32 Å². The van der Waals surface area contributed by atoms with Crippen LogP contribution in [0.1, 0.15) is 17.0 Å².